The van der Waals surface area contributed by atoms with Gasteiger partial charge in [0.05, 0.1) is 6.04 Å². The smallest absolute Gasteiger partial charge is 0.325 e. The standard InChI is InChI=1S/C25H22FN3O3/c1-25(19-12-14-20(26)15-13-19)23(31)29(24(32)28-25)16-21(30)27-22(17-8-4-2-5-9-17)18-10-6-3-7-11-18/h2-15,22H,16H2,1H3,(H,27,30)(H,28,32). The summed E-state index contributed by atoms with van der Waals surface area (Å²) < 4.78 is 13.3. The second-order valence-corrected chi connectivity index (χ2v) is 7.78. The summed E-state index contributed by atoms with van der Waals surface area (Å²) in [5, 5.41) is 5.55. The van der Waals surface area contributed by atoms with Crippen LogP contribution in [-0.4, -0.2) is 29.3 Å². The molecule has 1 atom stereocenters. The van der Waals surface area contributed by atoms with Crippen LogP contribution in [0, 0.1) is 5.82 Å². The Kier molecular flexibility index (Phi) is 5.73. The van der Waals surface area contributed by atoms with Crippen molar-refractivity contribution in [2.24, 2.45) is 0 Å². The van der Waals surface area contributed by atoms with E-state index in [1.165, 1.54) is 31.2 Å². The predicted molar refractivity (Wildman–Crippen MR) is 117 cm³/mol. The molecule has 0 aliphatic carbocycles. The minimum absolute atomic E-state index is 0.433. The molecule has 4 amide bonds. The van der Waals surface area contributed by atoms with Gasteiger partial charge in [-0.2, -0.15) is 0 Å². The monoisotopic (exact) mass is 431 g/mol. The molecule has 0 radical (unpaired) electrons. The van der Waals surface area contributed by atoms with Gasteiger partial charge in [-0.1, -0.05) is 72.8 Å². The number of carbonyl (C=O) groups excluding carboxylic acids is 3. The SMILES string of the molecule is CC1(c2ccc(F)cc2)NC(=O)N(CC(=O)NC(c2ccccc2)c2ccccc2)C1=O. The highest BCUT2D eigenvalue weighted by molar-refractivity contribution is 6.09. The maximum atomic E-state index is 13.3. The van der Waals surface area contributed by atoms with Gasteiger partial charge in [-0.3, -0.25) is 14.5 Å². The maximum absolute atomic E-state index is 13.3. The Hall–Kier alpha value is -4.00. The first kappa shape index (κ1) is 21.2. The van der Waals surface area contributed by atoms with Crippen LogP contribution in [0.2, 0.25) is 0 Å². The summed E-state index contributed by atoms with van der Waals surface area (Å²) in [6.45, 7) is 1.10. The molecule has 1 aliphatic rings. The van der Waals surface area contributed by atoms with E-state index < -0.39 is 41.8 Å². The first-order valence-corrected chi connectivity index (χ1v) is 10.2. The van der Waals surface area contributed by atoms with E-state index >= 15 is 0 Å². The number of carbonyl (C=O) groups is 3. The van der Waals surface area contributed by atoms with Crippen LogP contribution in [0.4, 0.5) is 9.18 Å². The fourth-order valence-corrected chi connectivity index (χ4v) is 3.82. The molecule has 3 aromatic carbocycles. The molecule has 32 heavy (non-hydrogen) atoms. The number of rotatable bonds is 6. The van der Waals surface area contributed by atoms with Crippen LogP contribution < -0.4 is 10.6 Å². The van der Waals surface area contributed by atoms with Gasteiger partial charge in [-0.15, -0.1) is 0 Å². The molecule has 1 unspecified atom stereocenters. The van der Waals surface area contributed by atoms with Crippen molar-refractivity contribution in [2.45, 2.75) is 18.5 Å². The fourth-order valence-electron chi connectivity index (χ4n) is 3.82. The number of halogens is 1. The quantitative estimate of drug-likeness (QED) is 0.587. The Bertz CT molecular complexity index is 1100. The molecule has 0 aromatic heterocycles. The largest absolute Gasteiger partial charge is 0.344 e. The molecule has 0 saturated carbocycles. The lowest BCUT2D eigenvalue weighted by molar-refractivity contribution is -0.135. The lowest BCUT2D eigenvalue weighted by atomic mass is 9.92. The maximum Gasteiger partial charge on any atom is 0.325 e. The highest BCUT2D eigenvalue weighted by Crippen LogP contribution is 2.29. The van der Waals surface area contributed by atoms with Crippen LogP contribution in [-0.2, 0) is 15.1 Å². The average Bonchev–Trinajstić information content (AvgIpc) is 3.03. The predicted octanol–water partition coefficient (Wildman–Crippen LogP) is 3.50. The molecular weight excluding hydrogens is 409 g/mol. The molecule has 4 rings (SSSR count). The van der Waals surface area contributed by atoms with Gasteiger partial charge in [0.25, 0.3) is 5.91 Å². The van der Waals surface area contributed by atoms with Crippen molar-refractivity contribution in [1.82, 2.24) is 15.5 Å². The number of amides is 4. The van der Waals surface area contributed by atoms with E-state index in [1.807, 2.05) is 60.7 Å². The van der Waals surface area contributed by atoms with Crippen molar-refractivity contribution < 1.29 is 18.8 Å². The van der Waals surface area contributed by atoms with E-state index in [2.05, 4.69) is 10.6 Å². The number of hydrogen-bond donors (Lipinski definition) is 2. The molecule has 1 saturated heterocycles. The lowest BCUT2D eigenvalue weighted by Gasteiger charge is -2.23. The summed E-state index contributed by atoms with van der Waals surface area (Å²) in [6.07, 6.45) is 0. The molecule has 7 heteroatoms. The number of benzene rings is 3. The number of hydrogen-bond acceptors (Lipinski definition) is 3. The highest BCUT2D eigenvalue weighted by Gasteiger charge is 2.49. The van der Waals surface area contributed by atoms with Gasteiger partial charge in [-0.05, 0) is 35.7 Å². The molecule has 1 heterocycles. The zero-order chi connectivity index (χ0) is 22.7. The topological polar surface area (TPSA) is 78.5 Å². The van der Waals surface area contributed by atoms with Crippen LogP contribution in [0.1, 0.15) is 29.7 Å². The van der Waals surface area contributed by atoms with Gasteiger partial charge in [0.2, 0.25) is 5.91 Å². The Balaban J connectivity index is 1.53. The van der Waals surface area contributed by atoms with Crippen molar-refractivity contribution in [3.8, 4) is 0 Å². The third kappa shape index (κ3) is 4.09. The van der Waals surface area contributed by atoms with E-state index in [0.29, 0.717) is 5.56 Å². The van der Waals surface area contributed by atoms with Gasteiger partial charge in [0.1, 0.15) is 17.9 Å². The second-order valence-electron chi connectivity index (χ2n) is 7.78. The van der Waals surface area contributed by atoms with Crippen molar-refractivity contribution in [3.63, 3.8) is 0 Å². The van der Waals surface area contributed by atoms with E-state index in [1.54, 1.807) is 0 Å². The van der Waals surface area contributed by atoms with E-state index in [9.17, 15) is 18.8 Å². The molecule has 0 bridgehead atoms. The molecular formula is C25H22FN3O3. The zero-order valence-electron chi connectivity index (χ0n) is 17.4. The average molecular weight is 431 g/mol. The third-order valence-electron chi connectivity index (χ3n) is 5.57. The van der Waals surface area contributed by atoms with E-state index in [4.69, 9.17) is 0 Å². The summed E-state index contributed by atoms with van der Waals surface area (Å²) >= 11 is 0. The Labute approximate surface area is 185 Å². The second kappa shape index (κ2) is 8.63. The summed E-state index contributed by atoms with van der Waals surface area (Å²) in [7, 11) is 0. The number of urea groups is 1. The summed E-state index contributed by atoms with van der Waals surface area (Å²) in [4.78, 5) is 39.4. The first-order valence-electron chi connectivity index (χ1n) is 10.2. The van der Waals surface area contributed by atoms with Crippen LogP contribution in [0.3, 0.4) is 0 Å². The summed E-state index contributed by atoms with van der Waals surface area (Å²) in [5.41, 5.74) is 0.816. The molecule has 2 N–H and O–H groups in total. The fraction of sp³-hybridized carbons (Fsp3) is 0.160. The third-order valence-corrected chi connectivity index (χ3v) is 5.57. The molecule has 1 fully saturated rings. The van der Waals surface area contributed by atoms with Crippen LogP contribution in [0.15, 0.2) is 84.9 Å². The minimum Gasteiger partial charge on any atom is -0.344 e. The van der Waals surface area contributed by atoms with Gasteiger partial charge < -0.3 is 10.6 Å². The number of nitrogens with one attached hydrogen (secondary N) is 2. The molecule has 1 aliphatic heterocycles. The van der Waals surface area contributed by atoms with Crippen LogP contribution in [0.25, 0.3) is 0 Å². The Morgan fingerprint density at radius 3 is 2.00 bits per heavy atom. The molecule has 3 aromatic rings. The van der Waals surface area contributed by atoms with Crippen LogP contribution >= 0.6 is 0 Å². The zero-order valence-corrected chi connectivity index (χ0v) is 17.4. The van der Waals surface area contributed by atoms with Crippen molar-refractivity contribution in [3.05, 3.63) is 107 Å². The van der Waals surface area contributed by atoms with Crippen LogP contribution in [0.5, 0.6) is 0 Å². The lowest BCUT2D eigenvalue weighted by Crippen LogP contribution is -2.44. The normalized spacial score (nSPS) is 18.0. The van der Waals surface area contributed by atoms with E-state index in [0.717, 1.165) is 16.0 Å². The Morgan fingerprint density at radius 1 is 0.938 bits per heavy atom. The van der Waals surface area contributed by atoms with E-state index in [-0.39, 0.29) is 0 Å². The van der Waals surface area contributed by atoms with Crippen molar-refractivity contribution in [1.29, 1.82) is 0 Å². The van der Waals surface area contributed by atoms with Gasteiger partial charge in [0, 0.05) is 0 Å². The van der Waals surface area contributed by atoms with Gasteiger partial charge in [0.15, 0.2) is 0 Å². The van der Waals surface area contributed by atoms with Gasteiger partial charge >= 0.3 is 6.03 Å². The Morgan fingerprint density at radius 2 is 1.47 bits per heavy atom. The minimum atomic E-state index is -1.37. The molecule has 6 nitrogen and oxygen atoms in total. The van der Waals surface area contributed by atoms with Crippen molar-refractivity contribution >= 4 is 17.8 Å². The summed E-state index contributed by atoms with van der Waals surface area (Å²) in [6, 6.07) is 23.1. The molecule has 162 valence electrons. The number of nitrogens with zero attached hydrogens (tertiary/aromatic N) is 1. The number of imide groups is 1. The first-order chi connectivity index (χ1) is 15.4. The summed E-state index contributed by atoms with van der Waals surface area (Å²) in [5.74, 6) is -1.49. The van der Waals surface area contributed by atoms with Crippen molar-refractivity contribution in [2.75, 3.05) is 6.54 Å². The highest BCUT2D eigenvalue weighted by atomic mass is 19.1. The molecule has 0 spiro atoms. The van der Waals surface area contributed by atoms with Gasteiger partial charge in [-0.25, -0.2) is 9.18 Å².